The second kappa shape index (κ2) is 4.84. The zero-order chi connectivity index (χ0) is 8.85. The Morgan fingerprint density at radius 3 is 2.73 bits per heavy atom. The summed E-state index contributed by atoms with van der Waals surface area (Å²) in [6.07, 6.45) is 0.767. The normalized spacial score (nSPS) is 10.9. The summed E-state index contributed by atoms with van der Waals surface area (Å²) < 4.78 is 4.01. The van der Waals surface area contributed by atoms with Crippen LogP contribution in [-0.2, 0) is 9.53 Å². The van der Waals surface area contributed by atoms with Crippen molar-refractivity contribution < 1.29 is 14.5 Å². The molecule has 6 heteroatoms. The van der Waals surface area contributed by atoms with Gasteiger partial charge in [0.2, 0.25) is 0 Å². The Bertz CT molecular complexity index is 201. The Morgan fingerprint density at radius 1 is 1.82 bits per heavy atom. The zero-order valence-corrected chi connectivity index (χ0v) is 7.33. The zero-order valence-electron chi connectivity index (χ0n) is 5.74. The van der Waals surface area contributed by atoms with Crippen LogP contribution >= 0.6 is 15.9 Å². The maximum absolute atomic E-state index is 10.5. The first-order valence-corrected chi connectivity index (χ1v) is 3.55. The summed E-state index contributed by atoms with van der Waals surface area (Å²) in [5.74, 6) is -0.726. The van der Waals surface area contributed by atoms with E-state index in [2.05, 4.69) is 20.7 Å². The summed E-state index contributed by atoms with van der Waals surface area (Å²) in [4.78, 5) is 19.7. The summed E-state index contributed by atoms with van der Waals surface area (Å²) in [5.41, 5.74) is 0. The molecule has 0 amide bonds. The predicted octanol–water partition coefficient (Wildman–Crippen LogP) is 1.06. The fraction of sp³-hybridized carbons (Fsp3) is 0.400. The molecular weight excluding hydrogens is 218 g/mol. The number of ether oxygens (including phenoxy) is 1. The van der Waals surface area contributed by atoms with Gasteiger partial charge in [0, 0.05) is 15.9 Å². The first-order valence-electron chi connectivity index (χ1n) is 2.76. The number of hydrogen-bond donors (Lipinski definition) is 0. The minimum absolute atomic E-state index is 0.202. The van der Waals surface area contributed by atoms with Crippen LogP contribution in [0.4, 0.5) is 0 Å². The average Bonchev–Trinajstić information content (AvgIpc) is 1.87. The van der Waals surface area contributed by atoms with Gasteiger partial charge in [-0.15, -0.1) is 0 Å². The third-order valence-corrected chi connectivity index (χ3v) is 1.22. The minimum atomic E-state index is -0.726. The fourth-order valence-corrected chi connectivity index (χ4v) is 0.521. The molecule has 0 heterocycles. The van der Waals surface area contributed by atoms with Crippen LogP contribution in [0.3, 0.4) is 0 Å². The van der Waals surface area contributed by atoms with Crippen molar-refractivity contribution in [3.63, 3.8) is 0 Å². The quantitative estimate of drug-likeness (QED) is 0.236. The van der Waals surface area contributed by atoms with Gasteiger partial charge in [-0.3, -0.25) is 10.1 Å². The van der Waals surface area contributed by atoms with Crippen LogP contribution in [0, 0.1) is 10.1 Å². The van der Waals surface area contributed by atoms with Crippen LogP contribution in [0.2, 0.25) is 0 Å². The molecule has 0 bridgehead atoms. The SMILES string of the molecule is CCOC(=O)C=C(Br)[N+](=O)[O-]. The number of halogens is 1. The van der Waals surface area contributed by atoms with Crippen LogP contribution in [0.1, 0.15) is 6.92 Å². The summed E-state index contributed by atoms with van der Waals surface area (Å²) in [6.45, 7) is 1.82. The lowest BCUT2D eigenvalue weighted by Crippen LogP contribution is -2.02. The highest BCUT2D eigenvalue weighted by Gasteiger charge is 2.08. The molecule has 0 aliphatic heterocycles. The summed E-state index contributed by atoms with van der Waals surface area (Å²) in [5, 5.41) is 9.92. The van der Waals surface area contributed by atoms with Crippen LogP contribution < -0.4 is 0 Å². The number of hydrogen-bond acceptors (Lipinski definition) is 4. The molecule has 0 rings (SSSR count). The fourth-order valence-electron chi connectivity index (χ4n) is 0.334. The van der Waals surface area contributed by atoms with E-state index in [-0.39, 0.29) is 6.61 Å². The van der Waals surface area contributed by atoms with Crippen LogP contribution in [-0.4, -0.2) is 17.5 Å². The molecule has 0 saturated carbocycles. The first kappa shape index (κ1) is 10.1. The molecule has 0 saturated heterocycles. The Kier molecular flexibility index (Phi) is 4.44. The van der Waals surface area contributed by atoms with E-state index in [1.807, 2.05) is 0 Å². The second-order valence-corrected chi connectivity index (χ2v) is 2.29. The van der Waals surface area contributed by atoms with Gasteiger partial charge in [0.15, 0.2) is 0 Å². The highest BCUT2D eigenvalue weighted by atomic mass is 79.9. The first-order chi connectivity index (χ1) is 5.07. The van der Waals surface area contributed by atoms with Gasteiger partial charge in [-0.25, -0.2) is 4.79 Å². The molecular formula is C5H6BrNO4. The molecule has 0 atom stereocenters. The van der Waals surface area contributed by atoms with Crippen molar-refractivity contribution in [1.82, 2.24) is 0 Å². The van der Waals surface area contributed by atoms with E-state index in [9.17, 15) is 14.9 Å². The lowest BCUT2D eigenvalue weighted by atomic mass is 10.6. The molecule has 0 N–H and O–H groups in total. The highest BCUT2D eigenvalue weighted by Crippen LogP contribution is 2.04. The summed E-state index contributed by atoms with van der Waals surface area (Å²) in [6, 6.07) is 0. The largest absolute Gasteiger partial charge is 0.463 e. The molecule has 5 nitrogen and oxygen atoms in total. The monoisotopic (exact) mass is 223 g/mol. The Labute approximate surface area is 71.3 Å². The maximum Gasteiger partial charge on any atom is 0.338 e. The lowest BCUT2D eigenvalue weighted by Gasteiger charge is -1.92. The van der Waals surface area contributed by atoms with Gasteiger partial charge in [0.25, 0.3) is 0 Å². The summed E-state index contributed by atoms with van der Waals surface area (Å²) in [7, 11) is 0. The molecule has 0 unspecified atom stereocenters. The minimum Gasteiger partial charge on any atom is -0.463 e. The molecule has 0 aliphatic carbocycles. The van der Waals surface area contributed by atoms with Gasteiger partial charge in [-0.2, -0.15) is 0 Å². The van der Waals surface area contributed by atoms with Crippen molar-refractivity contribution in [2.24, 2.45) is 0 Å². The van der Waals surface area contributed by atoms with Crippen LogP contribution in [0.5, 0.6) is 0 Å². The molecule has 0 aromatic rings. The number of carbonyl (C=O) groups excluding carboxylic acids is 1. The number of esters is 1. The molecule has 11 heavy (non-hydrogen) atoms. The number of carbonyl (C=O) groups is 1. The van der Waals surface area contributed by atoms with E-state index in [1.54, 1.807) is 6.92 Å². The van der Waals surface area contributed by atoms with Crippen molar-refractivity contribution in [3.05, 3.63) is 20.8 Å². The highest BCUT2D eigenvalue weighted by molar-refractivity contribution is 9.11. The van der Waals surface area contributed by atoms with E-state index in [4.69, 9.17) is 0 Å². The van der Waals surface area contributed by atoms with Crippen molar-refractivity contribution in [2.75, 3.05) is 6.61 Å². The lowest BCUT2D eigenvalue weighted by molar-refractivity contribution is -0.408. The van der Waals surface area contributed by atoms with E-state index in [0.717, 1.165) is 6.08 Å². The van der Waals surface area contributed by atoms with Crippen LogP contribution in [0.25, 0.3) is 0 Å². The van der Waals surface area contributed by atoms with Gasteiger partial charge in [-0.1, -0.05) is 0 Å². The van der Waals surface area contributed by atoms with Crippen molar-refractivity contribution in [1.29, 1.82) is 0 Å². The van der Waals surface area contributed by atoms with Gasteiger partial charge in [0.05, 0.1) is 11.5 Å². The topological polar surface area (TPSA) is 69.4 Å². The Morgan fingerprint density at radius 2 is 2.36 bits per heavy atom. The van der Waals surface area contributed by atoms with Crippen LogP contribution in [0.15, 0.2) is 10.7 Å². The van der Waals surface area contributed by atoms with E-state index in [1.165, 1.54) is 0 Å². The molecule has 0 fully saturated rings. The third-order valence-electron chi connectivity index (χ3n) is 0.698. The standard InChI is InChI=1S/C5H6BrNO4/c1-2-11-5(8)3-4(6)7(9)10/h3H,2H2,1H3. The van der Waals surface area contributed by atoms with Gasteiger partial charge in [-0.05, 0) is 6.92 Å². The maximum atomic E-state index is 10.5. The Balaban J connectivity index is 4.08. The molecule has 0 spiro atoms. The average molecular weight is 224 g/mol. The van der Waals surface area contributed by atoms with E-state index >= 15 is 0 Å². The summed E-state index contributed by atoms with van der Waals surface area (Å²) >= 11 is 2.57. The molecule has 0 aromatic carbocycles. The van der Waals surface area contributed by atoms with Gasteiger partial charge < -0.3 is 4.74 Å². The molecule has 0 aromatic heterocycles. The van der Waals surface area contributed by atoms with Gasteiger partial charge in [0.1, 0.15) is 6.08 Å². The van der Waals surface area contributed by atoms with E-state index < -0.39 is 15.5 Å². The molecule has 0 aliphatic rings. The van der Waals surface area contributed by atoms with Gasteiger partial charge >= 0.3 is 10.6 Å². The number of nitrogens with zero attached hydrogens (tertiary/aromatic N) is 1. The van der Waals surface area contributed by atoms with E-state index in [0.29, 0.717) is 0 Å². The second-order valence-electron chi connectivity index (χ2n) is 1.48. The Hall–Kier alpha value is -0.910. The molecule has 0 radical (unpaired) electrons. The number of nitro groups is 1. The number of rotatable bonds is 3. The van der Waals surface area contributed by atoms with Crippen molar-refractivity contribution in [3.8, 4) is 0 Å². The predicted molar refractivity (Wildman–Crippen MR) is 40.6 cm³/mol. The molecule has 62 valence electrons. The smallest absolute Gasteiger partial charge is 0.338 e. The van der Waals surface area contributed by atoms with Crippen molar-refractivity contribution in [2.45, 2.75) is 6.92 Å². The van der Waals surface area contributed by atoms with Crippen molar-refractivity contribution >= 4 is 21.9 Å². The third kappa shape index (κ3) is 4.49.